The number of esters is 2. The molecule has 7 heteroatoms. The minimum atomic E-state index is -0.413. The SMILES string of the molecule is CCOC(=O)c1cnc(SCc2ccc(C(=O)OC)cc2)[nH]1. The zero-order chi connectivity index (χ0) is 15.9. The third-order valence-corrected chi connectivity index (χ3v) is 3.76. The maximum atomic E-state index is 11.5. The average molecular weight is 320 g/mol. The van der Waals surface area contributed by atoms with Crippen molar-refractivity contribution >= 4 is 23.7 Å². The largest absolute Gasteiger partial charge is 0.465 e. The summed E-state index contributed by atoms with van der Waals surface area (Å²) in [4.78, 5) is 29.9. The molecule has 1 aromatic carbocycles. The van der Waals surface area contributed by atoms with E-state index in [1.165, 1.54) is 25.1 Å². The van der Waals surface area contributed by atoms with Gasteiger partial charge in [-0.3, -0.25) is 0 Å². The van der Waals surface area contributed by atoms with Gasteiger partial charge in [0, 0.05) is 5.75 Å². The molecule has 1 heterocycles. The fraction of sp³-hybridized carbons (Fsp3) is 0.267. The first-order valence-corrected chi connectivity index (χ1v) is 7.64. The lowest BCUT2D eigenvalue weighted by molar-refractivity contribution is 0.0518. The normalized spacial score (nSPS) is 10.3. The molecule has 0 fully saturated rings. The van der Waals surface area contributed by atoms with Crippen LogP contribution in [0.3, 0.4) is 0 Å². The van der Waals surface area contributed by atoms with Crippen LogP contribution in [0.2, 0.25) is 0 Å². The van der Waals surface area contributed by atoms with Crippen LogP contribution in [-0.4, -0.2) is 35.6 Å². The third-order valence-electron chi connectivity index (χ3n) is 2.80. The number of hydrogen-bond donors (Lipinski definition) is 1. The van der Waals surface area contributed by atoms with Crippen LogP contribution >= 0.6 is 11.8 Å². The number of methoxy groups -OCH3 is 1. The number of H-pyrrole nitrogens is 1. The minimum Gasteiger partial charge on any atom is -0.465 e. The molecule has 0 saturated carbocycles. The average Bonchev–Trinajstić information content (AvgIpc) is 3.02. The van der Waals surface area contributed by atoms with E-state index in [0.717, 1.165) is 5.56 Å². The van der Waals surface area contributed by atoms with Gasteiger partial charge in [0.25, 0.3) is 0 Å². The number of benzene rings is 1. The summed E-state index contributed by atoms with van der Waals surface area (Å²) in [5.41, 5.74) is 1.89. The van der Waals surface area contributed by atoms with Crippen LogP contribution in [0, 0.1) is 0 Å². The standard InChI is InChI=1S/C15H16N2O4S/c1-3-21-14(19)12-8-16-15(17-12)22-9-10-4-6-11(7-5-10)13(18)20-2/h4-8H,3,9H2,1-2H3,(H,16,17). The number of nitrogens with one attached hydrogen (secondary N) is 1. The molecule has 2 aromatic rings. The molecule has 22 heavy (non-hydrogen) atoms. The van der Waals surface area contributed by atoms with Crippen molar-refractivity contribution in [3.63, 3.8) is 0 Å². The molecule has 1 aromatic heterocycles. The van der Waals surface area contributed by atoms with Crippen molar-refractivity contribution in [2.45, 2.75) is 17.8 Å². The Morgan fingerprint density at radius 2 is 1.95 bits per heavy atom. The van der Waals surface area contributed by atoms with Crippen LogP contribution in [0.4, 0.5) is 0 Å². The molecular weight excluding hydrogens is 304 g/mol. The Labute approximate surface area is 132 Å². The van der Waals surface area contributed by atoms with Gasteiger partial charge in [-0.15, -0.1) is 0 Å². The first-order chi connectivity index (χ1) is 10.6. The Balaban J connectivity index is 1.93. The summed E-state index contributed by atoms with van der Waals surface area (Å²) >= 11 is 1.46. The summed E-state index contributed by atoms with van der Waals surface area (Å²) in [5.74, 6) is -0.106. The lowest BCUT2D eigenvalue weighted by Crippen LogP contribution is -2.04. The quantitative estimate of drug-likeness (QED) is 0.651. The van der Waals surface area contributed by atoms with Crippen molar-refractivity contribution in [3.8, 4) is 0 Å². The minimum absolute atomic E-state index is 0.326. The van der Waals surface area contributed by atoms with E-state index in [1.807, 2.05) is 12.1 Å². The van der Waals surface area contributed by atoms with E-state index in [0.29, 0.717) is 28.8 Å². The van der Waals surface area contributed by atoms with Crippen LogP contribution in [0.1, 0.15) is 33.3 Å². The van der Waals surface area contributed by atoms with E-state index < -0.39 is 5.97 Å². The summed E-state index contributed by atoms with van der Waals surface area (Å²) < 4.78 is 9.53. The van der Waals surface area contributed by atoms with Crippen LogP contribution in [0.25, 0.3) is 0 Å². The molecule has 0 spiro atoms. The second-order valence-electron chi connectivity index (χ2n) is 4.30. The number of thioether (sulfide) groups is 1. The van der Waals surface area contributed by atoms with E-state index >= 15 is 0 Å². The number of ether oxygens (including phenoxy) is 2. The summed E-state index contributed by atoms with van der Waals surface area (Å²) in [6, 6.07) is 7.14. The van der Waals surface area contributed by atoms with Gasteiger partial charge >= 0.3 is 11.9 Å². The predicted octanol–water partition coefficient (Wildman–Crippen LogP) is 2.67. The second-order valence-corrected chi connectivity index (χ2v) is 5.26. The third kappa shape index (κ3) is 4.11. The molecule has 6 nitrogen and oxygen atoms in total. The Morgan fingerprint density at radius 1 is 1.23 bits per heavy atom. The fourth-order valence-electron chi connectivity index (χ4n) is 1.70. The Kier molecular flexibility index (Phi) is 5.60. The molecule has 0 aliphatic rings. The van der Waals surface area contributed by atoms with Crippen LogP contribution in [-0.2, 0) is 15.2 Å². The fourth-order valence-corrected chi connectivity index (χ4v) is 2.50. The van der Waals surface area contributed by atoms with E-state index in [2.05, 4.69) is 14.7 Å². The van der Waals surface area contributed by atoms with Crippen LogP contribution < -0.4 is 0 Å². The lowest BCUT2D eigenvalue weighted by atomic mass is 10.1. The molecule has 116 valence electrons. The molecule has 2 rings (SSSR count). The Morgan fingerprint density at radius 3 is 2.59 bits per heavy atom. The molecule has 0 amide bonds. The lowest BCUT2D eigenvalue weighted by Gasteiger charge is -2.02. The highest BCUT2D eigenvalue weighted by Gasteiger charge is 2.11. The smallest absolute Gasteiger partial charge is 0.356 e. The Bertz CT molecular complexity index is 652. The van der Waals surface area contributed by atoms with E-state index in [9.17, 15) is 9.59 Å². The van der Waals surface area contributed by atoms with Gasteiger partial charge in [0.15, 0.2) is 5.16 Å². The first-order valence-electron chi connectivity index (χ1n) is 6.66. The van der Waals surface area contributed by atoms with Crippen molar-refractivity contribution in [1.29, 1.82) is 0 Å². The highest BCUT2D eigenvalue weighted by Crippen LogP contribution is 2.20. The van der Waals surface area contributed by atoms with Gasteiger partial charge in [-0.05, 0) is 24.6 Å². The first kappa shape index (κ1) is 16.1. The number of imidazole rings is 1. The number of aromatic amines is 1. The van der Waals surface area contributed by atoms with E-state index in [4.69, 9.17) is 4.74 Å². The van der Waals surface area contributed by atoms with Crippen LogP contribution in [0.5, 0.6) is 0 Å². The number of hydrogen-bond acceptors (Lipinski definition) is 6. The highest BCUT2D eigenvalue weighted by atomic mass is 32.2. The second kappa shape index (κ2) is 7.65. The van der Waals surface area contributed by atoms with E-state index in [-0.39, 0.29) is 5.97 Å². The van der Waals surface area contributed by atoms with Crippen molar-refractivity contribution in [2.24, 2.45) is 0 Å². The Hall–Kier alpha value is -2.28. The van der Waals surface area contributed by atoms with Gasteiger partial charge in [0.1, 0.15) is 5.69 Å². The van der Waals surface area contributed by atoms with Gasteiger partial charge in [0.2, 0.25) is 0 Å². The molecule has 1 N–H and O–H groups in total. The topological polar surface area (TPSA) is 81.3 Å². The number of carbonyl (C=O) groups is 2. The summed E-state index contributed by atoms with van der Waals surface area (Å²) in [5, 5.41) is 0.639. The summed E-state index contributed by atoms with van der Waals surface area (Å²) in [6.07, 6.45) is 1.46. The zero-order valence-corrected chi connectivity index (χ0v) is 13.1. The van der Waals surface area contributed by atoms with Gasteiger partial charge < -0.3 is 14.5 Å². The highest BCUT2D eigenvalue weighted by molar-refractivity contribution is 7.98. The number of nitrogens with zero attached hydrogens (tertiary/aromatic N) is 1. The molecule has 0 radical (unpaired) electrons. The molecule has 0 saturated heterocycles. The van der Waals surface area contributed by atoms with Crippen LogP contribution in [0.15, 0.2) is 35.6 Å². The van der Waals surface area contributed by atoms with Crippen molar-refractivity contribution in [2.75, 3.05) is 13.7 Å². The molecular formula is C15H16N2O4S. The monoisotopic (exact) mass is 320 g/mol. The number of aromatic nitrogens is 2. The number of rotatable bonds is 6. The zero-order valence-electron chi connectivity index (χ0n) is 12.3. The molecule has 0 unspecified atom stereocenters. The van der Waals surface area contributed by atoms with Gasteiger partial charge in [-0.2, -0.15) is 0 Å². The maximum absolute atomic E-state index is 11.5. The van der Waals surface area contributed by atoms with Gasteiger partial charge in [-0.25, -0.2) is 14.6 Å². The van der Waals surface area contributed by atoms with Crippen molar-refractivity contribution in [1.82, 2.24) is 9.97 Å². The maximum Gasteiger partial charge on any atom is 0.356 e. The molecule has 0 aliphatic carbocycles. The van der Waals surface area contributed by atoms with E-state index in [1.54, 1.807) is 19.1 Å². The molecule has 0 aliphatic heterocycles. The molecule has 0 bridgehead atoms. The van der Waals surface area contributed by atoms with Gasteiger partial charge in [0.05, 0.1) is 25.5 Å². The number of carbonyl (C=O) groups excluding carboxylic acids is 2. The predicted molar refractivity (Wildman–Crippen MR) is 81.9 cm³/mol. The molecule has 0 atom stereocenters. The summed E-state index contributed by atoms with van der Waals surface area (Å²) in [6.45, 7) is 2.08. The van der Waals surface area contributed by atoms with Gasteiger partial charge in [-0.1, -0.05) is 23.9 Å². The van der Waals surface area contributed by atoms with Crippen molar-refractivity contribution < 1.29 is 19.1 Å². The van der Waals surface area contributed by atoms with Crippen molar-refractivity contribution in [3.05, 3.63) is 47.3 Å². The summed E-state index contributed by atoms with van der Waals surface area (Å²) in [7, 11) is 1.35.